The molecule has 0 amide bonds. The normalized spacial score (nSPS) is 10.7. The molecule has 0 atom stereocenters. The highest BCUT2D eigenvalue weighted by molar-refractivity contribution is 7.89. The molecule has 8 heteroatoms. The van der Waals surface area contributed by atoms with Crippen LogP contribution in [0.1, 0.15) is 15.2 Å². The molecule has 0 saturated carbocycles. The van der Waals surface area contributed by atoms with Crippen LogP contribution in [0.25, 0.3) is 0 Å². The van der Waals surface area contributed by atoms with Crippen molar-refractivity contribution in [3.8, 4) is 11.8 Å². The van der Waals surface area contributed by atoms with E-state index >= 15 is 0 Å². The zero-order chi connectivity index (χ0) is 16.9. The van der Waals surface area contributed by atoms with E-state index in [4.69, 9.17) is 11.6 Å². The summed E-state index contributed by atoms with van der Waals surface area (Å²) in [6.45, 7) is -0.0920. The molecule has 0 aliphatic heterocycles. The number of nitrogens with one attached hydrogen (secondary N) is 1. The lowest BCUT2D eigenvalue weighted by Gasteiger charge is -2.04. The Kier molecular flexibility index (Phi) is 5.80. The quantitative estimate of drug-likeness (QED) is 0.664. The average molecular weight is 370 g/mol. The van der Waals surface area contributed by atoms with Gasteiger partial charge in [0.05, 0.1) is 13.7 Å². The molecule has 5 nitrogen and oxygen atoms in total. The maximum atomic E-state index is 12.2. The first kappa shape index (κ1) is 17.5. The van der Waals surface area contributed by atoms with Crippen molar-refractivity contribution in [3.05, 3.63) is 51.2 Å². The van der Waals surface area contributed by atoms with E-state index in [-0.39, 0.29) is 16.3 Å². The third kappa shape index (κ3) is 4.56. The van der Waals surface area contributed by atoms with Gasteiger partial charge in [-0.25, -0.2) is 13.2 Å². The molecular formula is C15H12ClNO4S2. The number of halogens is 1. The van der Waals surface area contributed by atoms with Gasteiger partial charge >= 0.3 is 5.97 Å². The number of esters is 1. The highest BCUT2D eigenvalue weighted by Gasteiger charge is 2.23. The predicted molar refractivity (Wildman–Crippen MR) is 89.2 cm³/mol. The van der Waals surface area contributed by atoms with E-state index in [2.05, 4.69) is 21.3 Å². The fraction of sp³-hybridized carbons (Fsp3) is 0.133. The van der Waals surface area contributed by atoms with Gasteiger partial charge in [0.15, 0.2) is 0 Å². The Morgan fingerprint density at radius 3 is 2.87 bits per heavy atom. The lowest BCUT2D eigenvalue weighted by atomic mass is 10.2. The first-order valence-corrected chi connectivity index (χ1v) is 9.08. The van der Waals surface area contributed by atoms with Crippen molar-refractivity contribution in [2.24, 2.45) is 0 Å². The van der Waals surface area contributed by atoms with Crippen molar-refractivity contribution in [2.45, 2.75) is 4.90 Å². The van der Waals surface area contributed by atoms with Crippen LogP contribution < -0.4 is 4.72 Å². The van der Waals surface area contributed by atoms with Gasteiger partial charge in [0, 0.05) is 10.6 Å². The molecule has 1 aromatic carbocycles. The molecule has 0 saturated heterocycles. The van der Waals surface area contributed by atoms with Gasteiger partial charge in [-0.05, 0) is 29.6 Å². The molecule has 120 valence electrons. The van der Waals surface area contributed by atoms with Crippen LogP contribution in [-0.4, -0.2) is 28.0 Å². The van der Waals surface area contributed by atoms with Gasteiger partial charge < -0.3 is 4.74 Å². The molecule has 1 N–H and O–H groups in total. The molecule has 0 aliphatic rings. The highest BCUT2D eigenvalue weighted by atomic mass is 35.5. The molecule has 2 aromatic rings. The molecule has 1 aromatic heterocycles. The van der Waals surface area contributed by atoms with Gasteiger partial charge in [0.1, 0.15) is 9.77 Å². The summed E-state index contributed by atoms with van der Waals surface area (Å²) in [5.74, 6) is 4.81. The van der Waals surface area contributed by atoms with Gasteiger partial charge in [0.2, 0.25) is 10.0 Å². The molecule has 1 heterocycles. The Hall–Kier alpha value is -1.85. The third-order valence-electron chi connectivity index (χ3n) is 2.70. The Morgan fingerprint density at radius 1 is 1.39 bits per heavy atom. The summed E-state index contributed by atoms with van der Waals surface area (Å²) < 4.78 is 31.3. The second-order valence-corrected chi connectivity index (χ2v) is 7.33. The lowest BCUT2D eigenvalue weighted by molar-refractivity contribution is 0.0602. The zero-order valence-electron chi connectivity index (χ0n) is 12.0. The highest BCUT2D eigenvalue weighted by Crippen LogP contribution is 2.22. The fourth-order valence-electron chi connectivity index (χ4n) is 1.67. The number of methoxy groups -OCH3 is 1. The maximum absolute atomic E-state index is 12.2. The summed E-state index contributed by atoms with van der Waals surface area (Å²) in [5, 5.41) is 2.07. The molecule has 0 bridgehead atoms. The van der Waals surface area contributed by atoms with Crippen LogP contribution in [0.5, 0.6) is 0 Å². The van der Waals surface area contributed by atoms with Crippen molar-refractivity contribution in [1.29, 1.82) is 0 Å². The largest absolute Gasteiger partial charge is 0.465 e. The minimum atomic E-state index is -3.83. The van der Waals surface area contributed by atoms with E-state index < -0.39 is 16.0 Å². The molecule has 0 radical (unpaired) electrons. The van der Waals surface area contributed by atoms with Crippen molar-refractivity contribution in [1.82, 2.24) is 4.72 Å². The van der Waals surface area contributed by atoms with Gasteiger partial charge in [-0.2, -0.15) is 4.72 Å². The molecule has 0 aliphatic carbocycles. The lowest BCUT2D eigenvalue weighted by Crippen LogP contribution is -2.25. The summed E-state index contributed by atoms with van der Waals surface area (Å²) >= 11 is 6.84. The van der Waals surface area contributed by atoms with Crippen molar-refractivity contribution >= 4 is 38.9 Å². The second kappa shape index (κ2) is 7.62. The average Bonchev–Trinajstić information content (AvgIpc) is 3.01. The van der Waals surface area contributed by atoms with Crippen LogP contribution in [0.3, 0.4) is 0 Å². The van der Waals surface area contributed by atoms with Crippen LogP contribution in [0.2, 0.25) is 5.02 Å². The predicted octanol–water partition coefficient (Wildman–Crippen LogP) is 2.52. The van der Waals surface area contributed by atoms with E-state index in [0.717, 1.165) is 11.3 Å². The number of thiophene rings is 1. The van der Waals surface area contributed by atoms with E-state index in [1.807, 2.05) is 0 Å². The fourth-order valence-corrected chi connectivity index (χ4v) is 4.12. The first-order valence-electron chi connectivity index (χ1n) is 6.34. The number of sulfonamides is 1. The topological polar surface area (TPSA) is 72.5 Å². The third-order valence-corrected chi connectivity index (χ3v) is 5.40. The van der Waals surface area contributed by atoms with Gasteiger partial charge in [-0.15, -0.1) is 11.3 Å². The molecule has 0 spiro atoms. The van der Waals surface area contributed by atoms with Crippen molar-refractivity contribution < 1.29 is 17.9 Å². The number of rotatable bonds is 4. The maximum Gasteiger partial charge on any atom is 0.349 e. The van der Waals surface area contributed by atoms with E-state index in [1.165, 1.54) is 18.6 Å². The number of carbonyl (C=O) groups excluding carboxylic acids is 1. The van der Waals surface area contributed by atoms with Crippen LogP contribution in [-0.2, 0) is 14.8 Å². The minimum absolute atomic E-state index is 0.0304. The summed E-state index contributed by atoms with van der Waals surface area (Å²) in [6.07, 6.45) is 0. The molecule has 0 fully saturated rings. The van der Waals surface area contributed by atoms with Crippen molar-refractivity contribution in [3.63, 3.8) is 0 Å². The number of carbonyl (C=O) groups is 1. The molecule has 23 heavy (non-hydrogen) atoms. The number of hydrogen-bond donors (Lipinski definition) is 1. The molecule has 0 unspecified atom stereocenters. The van der Waals surface area contributed by atoms with Crippen LogP contribution in [0, 0.1) is 11.8 Å². The van der Waals surface area contributed by atoms with E-state index in [1.54, 1.807) is 24.3 Å². The zero-order valence-corrected chi connectivity index (χ0v) is 14.4. The second-order valence-electron chi connectivity index (χ2n) is 4.24. The summed E-state index contributed by atoms with van der Waals surface area (Å²) in [5.41, 5.74) is 0.683. The van der Waals surface area contributed by atoms with Gasteiger partial charge in [-0.3, -0.25) is 0 Å². The van der Waals surface area contributed by atoms with Gasteiger partial charge in [0.25, 0.3) is 0 Å². The van der Waals surface area contributed by atoms with Crippen molar-refractivity contribution in [2.75, 3.05) is 13.7 Å². The first-order chi connectivity index (χ1) is 10.9. The number of ether oxygens (including phenoxy) is 1. The van der Waals surface area contributed by atoms with Crippen LogP contribution in [0.4, 0.5) is 0 Å². The summed E-state index contributed by atoms with van der Waals surface area (Å²) in [7, 11) is -2.64. The molecular weight excluding hydrogens is 358 g/mol. The SMILES string of the molecule is COC(=O)c1sccc1S(=O)(=O)NCC#Cc1cccc(Cl)c1. The minimum Gasteiger partial charge on any atom is -0.465 e. The Balaban J connectivity index is 2.09. The summed E-state index contributed by atoms with van der Waals surface area (Å²) in [6, 6.07) is 8.27. The Morgan fingerprint density at radius 2 is 2.17 bits per heavy atom. The van der Waals surface area contributed by atoms with Crippen LogP contribution in [0.15, 0.2) is 40.6 Å². The van der Waals surface area contributed by atoms with Gasteiger partial charge in [-0.1, -0.05) is 29.5 Å². The standard InChI is InChI=1S/C15H12ClNO4S2/c1-21-15(18)14-13(7-9-22-14)23(19,20)17-8-3-5-11-4-2-6-12(16)10-11/h2,4,6-7,9-10,17H,8H2,1H3. The van der Waals surface area contributed by atoms with Crippen LogP contribution >= 0.6 is 22.9 Å². The smallest absolute Gasteiger partial charge is 0.349 e. The summed E-state index contributed by atoms with van der Waals surface area (Å²) in [4.78, 5) is 11.5. The Labute approximate surface area is 143 Å². The number of hydrogen-bond acceptors (Lipinski definition) is 5. The van der Waals surface area contributed by atoms with E-state index in [0.29, 0.717) is 10.6 Å². The number of benzene rings is 1. The Bertz CT molecular complexity index is 878. The monoisotopic (exact) mass is 369 g/mol. The van der Waals surface area contributed by atoms with E-state index in [9.17, 15) is 13.2 Å². The molecule has 2 rings (SSSR count).